The number of ether oxygens (including phenoxy) is 1. The van der Waals surface area contributed by atoms with Crippen LogP contribution in [0, 0.1) is 11.8 Å². The number of nitrogens with one attached hydrogen (secondary N) is 2. The standard InChI is InChI=1S/C20H31N3O2S/c1-5-21-20(26)23-12-17(15-6-8-16(25-4)9-7-15)18(13-23)19(24)22-11-10-14(2)3/h6-9,14,17-18H,5,10-13H2,1-4H3,(H,21,26)(H,22,24)/t17-,18-/m0/s1. The van der Waals surface area contributed by atoms with Crippen LogP contribution in [0.3, 0.4) is 0 Å². The molecule has 2 rings (SSSR count). The molecular formula is C20H31N3O2S. The molecule has 1 aromatic rings. The fourth-order valence-corrected chi connectivity index (χ4v) is 3.60. The lowest BCUT2D eigenvalue weighted by Gasteiger charge is -2.19. The van der Waals surface area contributed by atoms with Crippen molar-refractivity contribution in [1.82, 2.24) is 15.5 Å². The molecule has 1 aliphatic heterocycles. The van der Waals surface area contributed by atoms with E-state index < -0.39 is 0 Å². The van der Waals surface area contributed by atoms with Gasteiger partial charge >= 0.3 is 0 Å². The van der Waals surface area contributed by atoms with Gasteiger partial charge in [0.05, 0.1) is 13.0 Å². The van der Waals surface area contributed by atoms with Crippen LogP contribution in [0.25, 0.3) is 0 Å². The van der Waals surface area contributed by atoms with Crippen molar-refractivity contribution in [3.63, 3.8) is 0 Å². The van der Waals surface area contributed by atoms with Crippen LogP contribution < -0.4 is 15.4 Å². The van der Waals surface area contributed by atoms with Crippen LogP contribution in [-0.4, -0.2) is 49.2 Å². The second kappa shape index (κ2) is 9.76. The van der Waals surface area contributed by atoms with Gasteiger partial charge in [-0.3, -0.25) is 4.79 Å². The fraction of sp³-hybridized carbons (Fsp3) is 0.600. The number of benzene rings is 1. The van der Waals surface area contributed by atoms with Crippen molar-refractivity contribution >= 4 is 23.2 Å². The van der Waals surface area contributed by atoms with E-state index in [1.54, 1.807) is 7.11 Å². The highest BCUT2D eigenvalue weighted by Crippen LogP contribution is 2.33. The average Bonchev–Trinajstić information content (AvgIpc) is 3.07. The zero-order chi connectivity index (χ0) is 19.1. The molecule has 0 saturated carbocycles. The average molecular weight is 378 g/mol. The SMILES string of the molecule is CCNC(=S)N1C[C@H](C(=O)NCCC(C)C)[C@H](c2ccc(OC)cc2)C1. The van der Waals surface area contributed by atoms with Crippen molar-refractivity contribution in [2.75, 3.05) is 33.3 Å². The Morgan fingerprint density at radius 1 is 1.27 bits per heavy atom. The first kappa shape index (κ1) is 20.5. The lowest BCUT2D eigenvalue weighted by atomic mass is 9.88. The molecule has 0 radical (unpaired) electrons. The molecule has 1 heterocycles. The maximum absolute atomic E-state index is 12.8. The van der Waals surface area contributed by atoms with E-state index in [1.165, 1.54) is 0 Å². The van der Waals surface area contributed by atoms with E-state index in [1.807, 2.05) is 19.1 Å². The molecule has 1 aliphatic rings. The van der Waals surface area contributed by atoms with Gasteiger partial charge in [-0.05, 0) is 49.2 Å². The zero-order valence-corrected chi connectivity index (χ0v) is 17.1. The second-order valence-electron chi connectivity index (χ2n) is 7.20. The summed E-state index contributed by atoms with van der Waals surface area (Å²) in [5, 5.41) is 7.04. The van der Waals surface area contributed by atoms with Gasteiger partial charge in [0.15, 0.2) is 5.11 Å². The van der Waals surface area contributed by atoms with Gasteiger partial charge in [-0.15, -0.1) is 0 Å². The molecular weight excluding hydrogens is 346 g/mol. The molecule has 5 nitrogen and oxygen atoms in total. The lowest BCUT2D eigenvalue weighted by molar-refractivity contribution is -0.124. The molecule has 0 aliphatic carbocycles. The topological polar surface area (TPSA) is 53.6 Å². The van der Waals surface area contributed by atoms with E-state index >= 15 is 0 Å². The number of thiocarbonyl (C=S) groups is 1. The van der Waals surface area contributed by atoms with Crippen molar-refractivity contribution < 1.29 is 9.53 Å². The highest BCUT2D eigenvalue weighted by atomic mass is 32.1. The van der Waals surface area contributed by atoms with Crippen LogP contribution >= 0.6 is 12.2 Å². The largest absolute Gasteiger partial charge is 0.497 e. The van der Waals surface area contributed by atoms with Gasteiger partial charge in [-0.25, -0.2) is 0 Å². The van der Waals surface area contributed by atoms with Gasteiger partial charge in [-0.2, -0.15) is 0 Å². The Morgan fingerprint density at radius 2 is 1.96 bits per heavy atom. The summed E-state index contributed by atoms with van der Waals surface area (Å²) in [5.74, 6) is 1.54. The molecule has 0 spiro atoms. The Balaban J connectivity index is 2.13. The highest BCUT2D eigenvalue weighted by Gasteiger charge is 2.39. The lowest BCUT2D eigenvalue weighted by Crippen LogP contribution is -2.40. The molecule has 1 aromatic carbocycles. The minimum atomic E-state index is -0.104. The van der Waals surface area contributed by atoms with Crippen molar-refractivity contribution in [2.45, 2.75) is 33.1 Å². The number of nitrogens with zero attached hydrogens (tertiary/aromatic N) is 1. The smallest absolute Gasteiger partial charge is 0.225 e. The Hall–Kier alpha value is -1.82. The quantitative estimate of drug-likeness (QED) is 0.716. The summed E-state index contributed by atoms with van der Waals surface area (Å²) in [6.45, 7) is 9.26. The van der Waals surface area contributed by atoms with Gasteiger partial charge in [0.1, 0.15) is 5.75 Å². The molecule has 1 amide bonds. The molecule has 1 saturated heterocycles. The summed E-state index contributed by atoms with van der Waals surface area (Å²) in [6, 6.07) is 8.01. The molecule has 0 bridgehead atoms. The van der Waals surface area contributed by atoms with Crippen molar-refractivity contribution in [3.05, 3.63) is 29.8 Å². The predicted molar refractivity (Wildman–Crippen MR) is 110 cm³/mol. The number of amides is 1. The number of methoxy groups -OCH3 is 1. The van der Waals surface area contributed by atoms with Gasteiger partial charge in [0.25, 0.3) is 0 Å². The van der Waals surface area contributed by atoms with Crippen LogP contribution in [0.2, 0.25) is 0 Å². The van der Waals surface area contributed by atoms with Gasteiger partial charge in [-0.1, -0.05) is 26.0 Å². The third-order valence-corrected chi connectivity index (χ3v) is 5.24. The molecule has 0 unspecified atom stereocenters. The van der Waals surface area contributed by atoms with Crippen LogP contribution in [0.15, 0.2) is 24.3 Å². The molecule has 2 N–H and O–H groups in total. The van der Waals surface area contributed by atoms with Crippen molar-refractivity contribution in [1.29, 1.82) is 0 Å². The van der Waals surface area contributed by atoms with E-state index in [4.69, 9.17) is 17.0 Å². The Labute approximate surface area is 162 Å². The minimum Gasteiger partial charge on any atom is -0.497 e. The summed E-state index contributed by atoms with van der Waals surface area (Å²) < 4.78 is 5.25. The van der Waals surface area contributed by atoms with Crippen molar-refractivity contribution in [2.24, 2.45) is 11.8 Å². The van der Waals surface area contributed by atoms with Gasteiger partial charge in [0.2, 0.25) is 5.91 Å². The second-order valence-corrected chi connectivity index (χ2v) is 7.59. The maximum Gasteiger partial charge on any atom is 0.225 e. The molecule has 26 heavy (non-hydrogen) atoms. The van der Waals surface area contributed by atoms with Crippen LogP contribution in [0.5, 0.6) is 5.75 Å². The molecule has 6 heteroatoms. The Bertz CT molecular complexity index is 604. The Kier molecular flexibility index (Phi) is 7.69. The molecule has 144 valence electrons. The summed E-state index contributed by atoms with van der Waals surface area (Å²) in [4.78, 5) is 14.9. The summed E-state index contributed by atoms with van der Waals surface area (Å²) in [5.41, 5.74) is 1.15. The van der Waals surface area contributed by atoms with E-state index in [-0.39, 0.29) is 17.7 Å². The third kappa shape index (κ3) is 5.34. The van der Waals surface area contributed by atoms with E-state index in [0.717, 1.165) is 42.5 Å². The third-order valence-electron chi connectivity index (χ3n) is 4.84. The monoisotopic (exact) mass is 377 g/mol. The number of likely N-dealkylation sites (tertiary alicyclic amines) is 1. The van der Waals surface area contributed by atoms with Crippen LogP contribution in [0.1, 0.15) is 38.7 Å². The van der Waals surface area contributed by atoms with Gasteiger partial charge < -0.3 is 20.3 Å². The minimum absolute atomic E-state index is 0.104. The summed E-state index contributed by atoms with van der Waals surface area (Å²) >= 11 is 5.48. The van der Waals surface area contributed by atoms with E-state index in [0.29, 0.717) is 12.5 Å². The first-order valence-corrected chi connectivity index (χ1v) is 9.81. The Morgan fingerprint density at radius 3 is 2.54 bits per heavy atom. The number of carbonyl (C=O) groups excluding carboxylic acids is 1. The number of rotatable bonds is 7. The number of hydrogen-bond acceptors (Lipinski definition) is 3. The van der Waals surface area contributed by atoms with E-state index in [9.17, 15) is 4.79 Å². The first-order valence-electron chi connectivity index (χ1n) is 9.40. The summed E-state index contributed by atoms with van der Waals surface area (Å²) in [7, 11) is 1.66. The highest BCUT2D eigenvalue weighted by molar-refractivity contribution is 7.80. The first-order chi connectivity index (χ1) is 12.5. The number of carbonyl (C=O) groups is 1. The molecule has 0 aromatic heterocycles. The molecule has 2 atom stereocenters. The van der Waals surface area contributed by atoms with Gasteiger partial charge in [0, 0.05) is 32.1 Å². The maximum atomic E-state index is 12.8. The normalized spacial score (nSPS) is 19.5. The summed E-state index contributed by atoms with van der Waals surface area (Å²) in [6.07, 6.45) is 0.991. The number of hydrogen-bond donors (Lipinski definition) is 2. The predicted octanol–water partition coefficient (Wildman–Crippen LogP) is 2.77. The molecule has 1 fully saturated rings. The van der Waals surface area contributed by atoms with Crippen molar-refractivity contribution in [3.8, 4) is 5.75 Å². The fourth-order valence-electron chi connectivity index (χ4n) is 3.30. The van der Waals surface area contributed by atoms with Crippen LogP contribution in [0.4, 0.5) is 0 Å². The zero-order valence-electron chi connectivity index (χ0n) is 16.2. The van der Waals surface area contributed by atoms with Crippen LogP contribution in [-0.2, 0) is 4.79 Å². The van der Waals surface area contributed by atoms with E-state index in [2.05, 4.69) is 41.5 Å².